The lowest BCUT2D eigenvalue weighted by molar-refractivity contribution is 0.607. The maximum atomic E-state index is 11.6. The van der Waals surface area contributed by atoms with Gasteiger partial charge in [0.2, 0.25) is 10.0 Å². The van der Waals surface area contributed by atoms with Crippen LogP contribution in [0.25, 0.3) is 11.6 Å². The lowest BCUT2D eigenvalue weighted by Gasteiger charge is -2.14. The Balaban J connectivity index is 1.68. The summed E-state index contributed by atoms with van der Waals surface area (Å²) in [6.07, 6.45) is 4.56. The van der Waals surface area contributed by atoms with E-state index >= 15 is 0 Å². The molecule has 0 saturated heterocycles. The standard InChI is InChI=1S/C24H21NO2S/c1-28(26,27)25-17-8-6-7-16(13-17)14-22-18-9-2-4-11-20(18)23-15-24(23)21-12-5-3-10-19(21)22/h2-14,23-25H,15H2,1H3. The van der Waals surface area contributed by atoms with Gasteiger partial charge < -0.3 is 0 Å². The van der Waals surface area contributed by atoms with Gasteiger partial charge in [0.15, 0.2) is 0 Å². The van der Waals surface area contributed by atoms with Gasteiger partial charge >= 0.3 is 0 Å². The monoisotopic (exact) mass is 387 g/mol. The Kier molecular flexibility index (Phi) is 3.91. The van der Waals surface area contributed by atoms with Gasteiger partial charge in [-0.2, -0.15) is 0 Å². The van der Waals surface area contributed by atoms with Crippen LogP contribution in [0.2, 0.25) is 0 Å². The van der Waals surface area contributed by atoms with E-state index in [0.717, 1.165) is 5.56 Å². The number of sulfonamides is 1. The van der Waals surface area contributed by atoms with Crippen LogP contribution < -0.4 is 4.72 Å². The second-order valence-electron chi connectivity index (χ2n) is 7.68. The van der Waals surface area contributed by atoms with Gasteiger partial charge in [-0.05, 0) is 69.9 Å². The summed E-state index contributed by atoms with van der Waals surface area (Å²) in [4.78, 5) is 0. The highest BCUT2D eigenvalue weighted by Gasteiger charge is 2.44. The second-order valence-corrected chi connectivity index (χ2v) is 9.43. The van der Waals surface area contributed by atoms with Crippen LogP contribution in [0.15, 0.2) is 72.8 Å². The molecule has 1 N–H and O–H groups in total. The third kappa shape index (κ3) is 3.14. The highest BCUT2D eigenvalue weighted by Crippen LogP contribution is 2.60. The van der Waals surface area contributed by atoms with Gasteiger partial charge in [0.25, 0.3) is 0 Å². The summed E-state index contributed by atoms with van der Waals surface area (Å²) in [5, 5.41) is 0. The van der Waals surface area contributed by atoms with E-state index < -0.39 is 10.0 Å². The van der Waals surface area contributed by atoms with Gasteiger partial charge in [0.1, 0.15) is 0 Å². The first kappa shape index (κ1) is 17.3. The van der Waals surface area contributed by atoms with Gasteiger partial charge in [-0.25, -0.2) is 8.42 Å². The van der Waals surface area contributed by atoms with Gasteiger partial charge in [-0.3, -0.25) is 4.72 Å². The molecule has 1 saturated carbocycles. The highest BCUT2D eigenvalue weighted by atomic mass is 32.2. The molecule has 0 amide bonds. The van der Waals surface area contributed by atoms with Crippen LogP contribution in [0.1, 0.15) is 46.1 Å². The topological polar surface area (TPSA) is 46.2 Å². The van der Waals surface area contributed by atoms with E-state index in [9.17, 15) is 8.42 Å². The second kappa shape index (κ2) is 6.35. The number of hydrogen-bond acceptors (Lipinski definition) is 2. The fourth-order valence-corrected chi connectivity index (χ4v) is 4.94. The first-order valence-electron chi connectivity index (χ1n) is 9.48. The molecule has 0 radical (unpaired) electrons. The van der Waals surface area contributed by atoms with E-state index in [0.29, 0.717) is 17.5 Å². The van der Waals surface area contributed by atoms with E-state index in [2.05, 4.69) is 59.3 Å². The Bertz CT molecular complexity index is 1160. The summed E-state index contributed by atoms with van der Waals surface area (Å²) >= 11 is 0. The molecule has 0 bridgehead atoms. The molecular weight excluding hydrogens is 366 g/mol. The molecule has 3 nitrogen and oxygen atoms in total. The SMILES string of the molecule is CS(=O)(=O)Nc1cccc(C=C2c3ccccc3C3CC3c3ccccc32)c1. The fraction of sp³-hybridized carbons (Fsp3) is 0.167. The van der Waals surface area contributed by atoms with Crippen molar-refractivity contribution in [1.82, 2.24) is 0 Å². The molecule has 140 valence electrons. The van der Waals surface area contributed by atoms with E-state index in [1.165, 1.54) is 40.5 Å². The van der Waals surface area contributed by atoms with Gasteiger partial charge in [0.05, 0.1) is 6.26 Å². The van der Waals surface area contributed by atoms with Crippen molar-refractivity contribution in [2.75, 3.05) is 11.0 Å². The molecule has 0 aliphatic heterocycles. The van der Waals surface area contributed by atoms with E-state index in [4.69, 9.17) is 0 Å². The quantitative estimate of drug-likeness (QED) is 0.669. The van der Waals surface area contributed by atoms with Crippen molar-refractivity contribution in [3.05, 3.63) is 101 Å². The molecule has 0 spiro atoms. The lowest BCUT2D eigenvalue weighted by Crippen LogP contribution is -2.09. The van der Waals surface area contributed by atoms with E-state index in [1.54, 1.807) is 6.07 Å². The molecule has 2 aliphatic rings. The predicted molar refractivity (Wildman–Crippen MR) is 115 cm³/mol. The zero-order valence-corrected chi connectivity index (χ0v) is 16.4. The zero-order chi connectivity index (χ0) is 19.3. The first-order valence-corrected chi connectivity index (χ1v) is 11.4. The molecule has 2 aliphatic carbocycles. The summed E-state index contributed by atoms with van der Waals surface area (Å²) in [6.45, 7) is 0. The molecule has 0 aromatic heterocycles. The van der Waals surface area contributed by atoms with Crippen molar-refractivity contribution in [3.8, 4) is 0 Å². The van der Waals surface area contributed by atoms with E-state index in [-0.39, 0.29) is 0 Å². The molecule has 2 unspecified atom stereocenters. The van der Waals surface area contributed by atoms with Gasteiger partial charge in [0, 0.05) is 5.69 Å². The molecule has 5 rings (SSSR count). The summed E-state index contributed by atoms with van der Waals surface area (Å²) in [7, 11) is -3.30. The van der Waals surface area contributed by atoms with Gasteiger partial charge in [-0.15, -0.1) is 0 Å². The Morgan fingerprint density at radius 1 is 0.857 bits per heavy atom. The normalized spacial score (nSPS) is 19.7. The van der Waals surface area contributed by atoms with Crippen LogP contribution in [0, 0.1) is 0 Å². The number of nitrogens with one attached hydrogen (secondary N) is 1. The van der Waals surface area contributed by atoms with Crippen LogP contribution in [0.4, 0.5) is 5.69 Å². The highest BCUT2D eigenvalue weighted by molar-refractivity contribution is 7.92. The first-order chi connectivity index (χ1) is 13.5. The zero-order valence-electron chi connectivity index (χ0n) is 15.6. The number of hydrogen-bond donors (Lipinski definition) is 1. The third-order valence-corrected chi connectivity index (χ3v) is 6.20. The smallest absolute Gasteiger partial charge is 0.229 e. The molecule has 4 heteroatoms. The van der Waals surface area contributed by atoms with Crippen molar-refractivity contribution >= 4 is 27.4 Å². The van der Waals surface area contributed by atoms with Crippen LogP contribution in [0.3, 0.4) is 0 Å². The summed E-state index contributed by atoms with van der Waals surface area (Å²) in [6, 6.07) is 24.9. The van der Waals surface area contributed by atoms with E-state index in [1.807, 2.05) is 18.2 Å². The minimum Gasteiger partial charge on any atom is -0.284 e. The Hall–Kier alpha value is -2.85. The third-order valence-electron chi connectivity index (χ3n) is 5.59. The minimum absolute atomic E-state index is 0.579. The Morgan fingerprint density at radius 3 is 2.07 bits per heavy atom. The summed E-state index contributed by atoms with van der Waals surface area (Å²) < 4.78 is 25.7. The van der Waals surface area contributed by atoms with Crippen molar-refractivity contribution in [3.63, 3.8) is 0 Å². The fourth-order valence-electron chi connectivity index (χ4n) is 4.39. The molecule has 1 fully saturated rings. The lowest BCUT2D eigenvalue weighted by atomic mass is 9.90. The molecule has 3 aromatic rings. The van der Waals surface area contributed by atoms with Crippen LogP contribution in [0.5, 0.6) is 0 Å². The van der Waals surface area contributed by atoms with Crippen LogP contribution in [-0.4, -0.2) is 14.7 Å². The predicted octanol–water partition coefficient (Wildman–Crippen LogP) is 5.23. The molecule has 2 atom stereocenters. The average Bonchev–Trinajstić information content (AvgIpc) is 3.46. The minimum atomic E-state index is -3.30. The molecule has 28 heavy (non-hydrogen) atoms. The number of rotatable bonds is 3. The number of benzene rings is 3. The largest absolute Gasteiger partial charge is 0.284 e. The average molecular weight is 388 g/mol. The molecule has 3 aromatic carbocycles. The van der Waals surface area contributed by atoms with Gasteiger partial charge in [-0.1, -0.05) is 60.7 Å². The van der Waals surface area contributed by atoms with Crippen molar-refractivity contribution in [2.45, 2.75) is 18.3 Å². The molecule has 0 heterocycles. The maximum absolute atomic E-state index is 11.6. The molecular formula is C24H21NO2S. The van der Waals surface area contributed by atoms with Crippen molar-refractivity contribution in [1.29, 1.82) is 0 Å². The summed E-state index contributed by atoms with van der Waals surface area (Å²) in [5.41, 5.74) is 8.15. The van der Waals surface area contributed by atoms with Crippen LogP contribution in [-0.2, 0) is 10.0 Å². The van der Waals surface area contributed by atoms with Crippen molar-refractivity contribution in [2.24, 2.45) is 0 Å². The number of anilines is 1. The summed E-state index contributed by atoms with van der Waals surface area (Å²) in [5.74, 6) is 1.20. The Morgan fingerprint density at radius 2 is 1.46 bits per heavy atom. The van der Waals surface area contributed by atoms with Crippen molar-refractivity contribution < 1.29 is 8.42 Å². The number of fused-ring (bicyclic) bond motifs is 5. The van der Waals surface area contributed by atoms with Crippen LogP contribution >= 0.6 is 0 Å². The Labute approximate surface area is 165 Å². The maximum Gasteiger partial charge on any atom is 0.229 e.